The lowest BCUT2D eigenvalue weighted by atomic mass is 10.0. The van der Waals surface area contributed by atoms with Gasteiger partial charge in [-0.15, -0.1) is 0 Å². The highest BCUT2D eigenvalue weighted by atomic mass is 16.2. The van der Waals surface area contributed by atoms with Crippen molar-refractivity contribution in [3.05, 3.63) is 58.7 Å². The molecule has 0 aliphatic rings. The predicted molar refractivity (Wildman–Crippen MR) is 159 cm³/mol. The highest BCUT2D eigenvalue weighted by Crippen LogP contribution is 2.34. The zero-order valence-electron chi connectivity index (χ0n) is 24.1. The lowest BCUT2D eigenvalue weighted by Gasteiger charge is -2.27. The van der Waals surface area contributed by atoms with Crippen molar-refractivity contribution in [3.8, 4) is 0 Å². The number of rotatable bonds is 18. The van der Waals surface area contributed by atoms with Gasteiger partial charge in [-0.25, -0.2) is 0 Å². The van der Waals surface area contributed by atoms with Gasteiger partial charge in [0, 0.05) is 6.42 Å². The average Bonchev–Trinajstić information content (AvgIpc) is 2.87. The summed E-state index contributed by atoms with van der Waals surface area (Å²) in [5.74, 6) is 0.215. The Morgan fingerprint density at radius 3 is 1.31 bits per heavy atom. The van der Waals surface area contributed by atoms with Gasteiger partial charge in [0.1, 0.15) is 0 Å². The van der Waals surface area contributed by atoms with Crippen LogP contribution in [0.4, 0.5) is 11.4 Å². The Morgan fingerprint density at radius 2 is 0.917 bits per heavy atom. The molecule has 36 heavy (non-hydrogen) atoms. The molecule has 0 saturated carbocycles. The van der Waals surface area contributed by atoms with Gasteiger partial charge in [0.05, 0.1) is 11.4 Å². The zero-order chi connectivity index (χ0) is 26.2. The molecule has 1 amide bonds. The van der Waals surface area contributed by atoms with Gasteiger partial charge in [-0.05, 0) is 68.5 Å². The highest BCUT2D eigenvalue weighted by Gasteiger charge is 2.22. The second-order valence-electron chi connectivity index (χ2n) is 10.9. The zero-order valence-corrected chi connectivity index (χ0v) is 24.1. The summed E-state index contributed by atoms with van der Waals surface area (Å²) in [5, 5.41) is 0. The Balaban J connectivity index is 1.72. The first-order chi connectivity index (χ1) is 17.5. The van der Waals surface area contributed by atoms with Gasteiger partial charge in [-0.1, -0.05) is 121 Å². The van der Waals surface area contributed by atoms with Crippen molar-refractivity contribution < 1.29 is 4.79 Å². The summed E-state index contributed by atoms with van der Waals surface area (Å²) in [7, 11) is 0. The van der Waals surface area contributed by atoms with E-state index in [2.05, 4.69) is 71.0 Å². The number of anilines is 2. The van der Waals surface area contributed by atoms with Gasteiger partial charge in [-0.2, -0.15) is 0 Å². The van der Waals surface area contributed by atoms with Crippen molar-refractivity contribution >= 4 is 17.3 Å². The van der Waals surface area contributed by atoms with Crippen molar-refractivity contribution in [2.45, 2.75) is 137 Å². The van der Waals surface area contributed by atoms with Gasteiger partial charge < -0.3 is 0 Å². The Hall–Kier alpha value is -2.09. The van der Waals surface area contributed by atoms with Gasteiger partial charge in [0.15, 0.2) is 0 Å². The van der Waals surface area contributed by atoms with Crippen LogP contribution in [-0.2, 0) is 4.79 Å². The molecule has 0 heterocycles. The van der Waals surface area contributed by atoms with Crippen LogP contribution < -0.4 is 4.90 Å². The third-order valence-corrected chi connectivity index (χ3v) is 7.88. The number of unbranched alkanes of at least 4 members (excludes halogenated alkanes) is 14. The van der Waals surface area contributed by atoms with E-state index in [9.17, 15) is 4.79 Å². The standard InChI is InChI=1S/C34H53NO/c1-6-7-8-9-10-11-12-13-14-15-16-17-18-19-20-27-34(36)35(32-25-21-23-28(2)30(32)4)33-26-22-24-29(3)31(33)5/h21-26H,6-20,27H2,1-5H3. The van der Waals surface area contributed by atoms with Crippen LogP contribution in [0.5, 0.6) is 0 Å². The van der Waals surface area contributed by atoms with E-state index >= 15 is 0 Å². The molecule has 2 rings (SSSR count). The number of carbonyl (C=O) groups excluding carboxylic acids is 1. The normalized spacial score (nSPS) is 11.1. The van der Waals surface area contributed by atoms with Crippen LogP contribution in [-0.4, -0.2) is 5.91 Å². The van der Waals surface area contributed by atoms with Crippen molar-refractivity contribution in [1.29, 1.82) is 0 Å². The number of benzene rings is 2. The van der Waals surface area contributed by atoms with Crippen LogP contribution in [0.25, 0.3) is 0 Å². The number of nitrogens with zero attached hydrogens (tertiary/aromatic N) is 1. The van der Waals surface area contributed by atoms with Crippen molar-refractivity contribution in [2.75, 3.05) is 4.90 Å². The molecule has 0 saturated heterocycles. The number of amides is 1. The minimum Gasteiger partial charge on any atom is -0.281 e. The maximum absolute atomic E-state index is 13.5. The van der Waals surface area contributed by atoms with Crippen molar-refractivity contribution in [3.63, 3.8) is 0 Å². The predicted octanol–water partition coefficient (Wildman–Crippen LogP) is 10.8. The van der Waals surface area contributed by atoms with Crippen LogP contribution in [0.1, 0.15) is 132 Å². The first-order valence-corrected chi connectivity index (χ1v) is 14.9. The molecule has 2 aromatic carbocycles. The molecule has 0 N–H and O–H groups in total. The fourth-order valence-electron chi connectivity index (χ4n) is 5.11. The van der Waals surface area contributed by atoms with E-state index in [0.717, 1.165) is 24.2 Å². The van der Waals surface area contributed by atoms with E-state index in [0.29, 0.717) is 6.42 Å². The quantitative estimate of drug-likeness (QED) is 0.190. The van der Waals surface area contributed by atoms with Crippen molar-refractivity contribution in [2.24, 2.45) is 0 Å². The second kappa shape index (κ2) is 17.4. The lowest BCUT2D eigenvalue weighted by Crippen LogP contribution is -2.27. The molecule has 0 radical (unpaired) electrons. The molecular formula is C34H53NO. The summed E-state index contributed by atoms with van der Waals surface area (Å²) < 4.78 is 0. The van der Waals surface area contributed by atoms with E-state index in [-0.39, 0.29) is 5.91 Å². The first-order valence-electron chi connectivity index (χ1n) is 14.9. The highest BCUT2D eigenvalue weighted by molar-refractivity contribution is 6.02. The Kier molecular flexibility index (Phi) is 14.5. The number of aryl methyl sites for hydroxylation is 2. The lowest BCUT2D eigenvalue weighted by molar-refractivity contribution is -0.118. The Labute approximate surface area is 222 Å². The van der Waals surface area contributed by atoms with E-state index < -0.39 is 0 Å². The van der Waals surface area contributed by atoms with Gasteiger partial charge >= 0.3 is 0 Å². The summed E-state index contributed by atoms with van der Waals surface area (Å²) in [6.07, 6.45) is 20.7. The number of hydrogen-bond acceptors (Lipinski definition) is 1. The molecule has 0 aliphatic carbocycles. The summed E-state index contributed by atoms with van der Waals surface area (Å²) >= 11 is 0. The van der Waals surface area contributed by atoms with Crippen LogP contribution in [0.15, 0.2) is 36.4 Å². The number of hydrogen-bond donors (Lipinski definition) is 0. The molecule has 0 aliphatic heterocycles. The van der Waals surface area contributed by atoms with Gasteiger partial charge in [0.25, 0.3) is 0 Å². The maximum Gasteiger partial charge on any atom is 0.231 e. The molecule has 0 spiro atoms. The average molecular weight is 492 g/mol. The first kappa shape index (κ1) is 30.1. The Bertz CT molecular complexity index is 849. The molecule has 2 heteroatoms. The fourth-order valence-corrected chi connectivity index (χ4v) is 5.11. The molecular weight excluding hydrogens is 438 g/mol. The molecule has 0 aromatic heterocycles. The molecule has 2 aromatic rings. The molecule has 2 nitrogen and oxygen atoms in total. The molecule has 0 fully saturated rings. The van der Waals surface area contributed by atoms with E-state index in [4.69, 9.17) is 0 Å². The maximum atomic E-state index is 13.5. The topological polar surface area (TPSA) is 20.3 Å². The minimum atomic E-state index is 0.215. The van der Waals surface area contributed by atoms with Crippen molar-refractivity contribution in [1.82, 2.24) is 0 Å². The van der Waals surface area contributed by atoms with Crippen LogP contribution >= 0.6 is 0 Å². The molecule has 0 atom stereocenters. The summed E-state index contributed by atoms with van der Waals surface area (Å²) in [6, 6.07) is 12.6. The largest absolute Gasteiger partial charge is 0.281 e. The number of carbonyl (C=O) groups is 1. The van der Waals surface area contributed by atoms with Gasteiger partial charge in [0.2, 0.25) is 5.91 Å². The van der Waals surface area contributed by atoms with E-state index in [1.807, 2.05) is 4.90 Å². The second-order valence-corrected chi connectivity index (χ2v) is 10.9. The molecule has 0 unspecified atom stereocenters. The fraction of sp³-hybridized carbons (Fsp3) is 0.618. The van der Waals surface area contributed by atoms with Crippen LogP contribution in [0.3, 0.4) is 0 Å². The van der Waals surface area contributed by atoms with Crippen LogP contribution in [0.2, 0.25) is 0 Å². The van der Waals surface area contributed by atoms with E-state index in [1.54, 1.807) is 0 Å². The summed E-state index contributed by atoms with van der Waals surface area (Å²) in [5.41, 5.74) is 6.86. The van der Waals surface area contributed by atoms with Gasteiger partial charge in [-0.3, -0.25) is 9.69 Å². The Morgan fingerprint density at radius 1 is 0.556 bits per heavy atom. The molecule has 200 valence electrons. The van der Waals surface area contributed by atoms with Crippen LogP contribution in [0, 0.1) is 27.7 Å². The molecule has 0 bridgehead atoms. The van der Waals surface area contributed by atoms with E-state index in [1.165, 1.54) is 106 Å². The third-order valence-electron chi connectivity index (χ3n) is 7.88. The summed E-state index contributed by atoms with van der Waals surface area (Å²) in [4.78, 5) is 15.5. The minimum absolute atomic E-state index is 0.215. The monoisotopic (exact) mass is 491 g/mol. The summed E-state index contributed by atoms with van der Waals surface area (Å²) in [6.45, 7) is 10.8. The smallest absolute Gasteiger partial charge is 0.231 e. The SMILES string of the molecule is CCCCCCCCCCCCCCCCCC(=O)N(c1cccc(C)c1C)c1cccc(C)c1C. The third kappa shape index (κ3) is 10.1.